The summed E-state index contributed by atoms with van der Waals surface area (Å²) in [6, 6.07) is 15.2. The summed E-state index contributed by atoms with van der Waals surface area (Å²) in [4.78, 5) is 12.3. The van der Waals surface area contributed by atoms with Crippen molar-refractivity contribution in [1.82, 2.24) is 5.32 Å². The Morgan fingerprint density at radius 3 is 2.17 bits per heavy atom. The van der Waals surface area contributed by atoms with Gasteiger partial charge in [-0.15, -0.1) is 0 Å². The van der Waals surface area contributed by atoms with E-state index in [9.17, 15) is 13.2 Å². The molecule has 0 aliphatic carbocycles. The van der Waals surface area contributed by atoms with Crippen molar-refractivity contribution in [2.45, 2.75) is 31.7 Å². The number of benzene rings is 2. The summed E-state index contributed by atoms with van der Waals surface area (Å²) in [5.41, 5.74) is 1.43. The van der Waals surface area contributed by atoms with E-state index in [4.69, 9.17) is 0 Å². The summed E-state index contributed by atoms with van der Waals surface area (Å²) in [5, 5.41) is 2.73. The van der Waals surface area contributed by atoms with Crippen molar-refractivity contribution in [1.29, 1.82) is 0 Å². The van der Waals surface area contributed by atoms with E-state index < -0.39 is 10.0 Å². The van der Waals surface area contributed by atoms with Crippen LogP contribution in [0.1, 0.15) is 19.4 Å². The SMILES string of the molecule is Cc1ccc(S(=O)(=O)N(CC(=O)NC(C)C)c2ccccc2)cc1. The predicted molar refractivity (Wildman–Crippen MR) is 95.4 cm³/mol. The molecule has 0 aliphatic rings. The van der Waals surface area contributed by atoms with E-state index in [2.05, 4.69) is 5.32 Å². The number of carbonyl (C=O) groups excluding carboxylic acids is 1. The van der Waals surface area contributed by atoms with Crippen LogP contribution in [0, 0.1) is 6.92 Å². The lowest BCUT2D eigenvalue weighted by molar-refractivity contribution is -0.120. The quantitative estimate of drug-likeness (QED) is 0.874. The van der Waals surface area contributed by atoms with Crippen LogP contribution in [0.4, 0.5) is 5.69 Å². The minimum atomic E-state index is -3.83. The van der Waals surface area contributed by atoms with Gasteiger partial charge >= 0.3 is 0 Å². The minimum absolute atomic E-state index is 0.0581. The fourth-order valence-corrected chi connectivity index (χ4v) is 3.67. The maximum atomic E-state index is 13.0. The average molecular weight is 346 g/mol. The Morgan fingerprint density at radius 1 is 1.04 bits per heavy atom. The van der Waals surface area contributed by atoms with Gasteiger partial charge in [0.2, 0.25) is 5.91 Å². The second kappa shape index (κ2) is 7.49. The zero-order valence-electron chi connectivity index (χ0n) is 14.1. The predicted octanol–water partition coefficient (Wildman–Crippen LogP) is 2.71. The van der Waals surface area contributed by atoms with Crippen LogP contribution in [0.5, 0.6) is 0 Å². The molecule has 0 unspecified atom stereocenters. The first kappa shape index (κ1) is 18.0. The molecule has 2 aromatic rings. The lowest BCUT2D eigenvalue weighted by Gasteiger charge is -2.24. The Bertz CT molecular complexity index is 785. The van der Waals surface area contributed by atoms with Crippen LogP contribution in [0.3, 0.4) is 0 Å². The standard InChI is InChI=1S/C18H22N2O3S/c1-14(2)19-18(21)13-20(16-7-5-4-6-8-16)24(22,23)17-11-9-15(3)10-12-17/h4-12,14H,13H2,1-3H3,(H,19,21). The zero-order chi connectivity index (χ0) is 17.7. The van der Waals surface area contributed by atoms with Crippen LogP contribution in [0.15, 0.2) is 59.5 Å². The highest BCUT2D eigenvalue weighted by Gasteiger charge is 2.27. The van der Waals surface area contributed by atoms with Gasteiger partial charge in [-0.2, -0.15) is 0 Å². The van der Waals surface area contributed by atoms with Gasteiger partial charge < -0.3 is 5.32 Å². The summed E-state index contributed by atoms with van der Waals surface area (Å²) < 4.78 is 27.2. The van der Waals surface area contributed by atoms with Gasteiger partial charge in [0.1, 0.15) is 6.54 Å². The lowest BCUT2D eigenvalue weighted by atomic mass is 10.2. The molecule has 0 saturated carbocycles. The first-order valence-electron chi connectivity index (χ1n) is 7.74. The van der Waals surface area contributed by atoms with E-state index >= 15 is 0 Å². The largest absolute Gasteiger partial charge is 0.352 e. The molecule has 1 N–H and O–H groups in total. The van der Waals surface area contributed by atoms with Gasteiger partial charge in [0.25, 0.3) is 10.0 Å². The van der Waals surface area contributed by atoms with Crippen LogP contribution in [-0.2, 0) is 14.8 Å². The van der Waals surface area contributed by atoms with Gasteiger partial charge in [-0.25, -0.2) is 8.42 Å². The van der Waals surface area contributed by atoms with Crippen LogP contribution < -0.4 is 9.62 Å². The average Bonchev–Trinajstić information content (AvgIpc) is 2.53. The number of amides is 1. The van der Waals surface area contributed by atoms with Crippen molar-refractivity contribution in [3.63, 3.8) is 0 Å². The molecule has 0 bridgehead atoms. The van der Waals surface area contributed by atoms with Gasteiger partial charge in [-0.05, 0) is 45.0 Å². The third-order valence-corrected chi connectivity index (χ3v) is 5.18. The zero-order valence-corrected chi connectivity index (χ0v) is 14.9. The second-order valence-electron chi connectivity index (χ2n) is 5.88. The molecular weight excluding hydrogens is 324 g/mol. The van der Waals surface area contributed by atoms with E-state index in [0.717, 1.165) is 9.87 Å². The van der Waals surface area contributed by atoms with Crippen molar-refractivity contribution >= 4 is 21.6 Å². The Labute approximate surface area is 143 Å². The summed E-state index contributed by atoms with van der Waals surface area (Å²) in [6.45, 7) is 5.29. The van der Waals surface area contributed by atoms with Crippen molar-refractivity contribution < 1.29 is 13.2 Å². The Morgan fingerprint density at radius 2 is 1.62 bits per heavy atom. The summed E-state index contributed by atoms with van der Waals surface area (Å²) >= 11 is 0. The van der Waals surface area contributed by atoms with E-state index in [-0.39, 0.29) is 23.4 Å². The highest BCUT2D eigenvalue weighted by molar-refractivity contribution is 7.92. The highest BCUT2D eigenvalue weighted by Crippen LogP contribution is 2.23. The molecule has 1 amide bonds. The molecule has 2 rings (SSSR count). The molecular formula is C18H22N2O3S. The van der Waals surface area contributed by atoms with Gasteiger partial charge in [0, 0.05) is 6.04 Å². The number of nitrogens with one attached hydrogen (secondary N) is 1. The molecule has 6 heteroatoms. The maximum absolute atomic E-state index is 13.0. The molecule has 0 aliphatic heterocycles. The van der Waals surface area contributed by atoms with Crippen molar-refractivity contribution in [2.75, 3.05) is 10.8 Å². The topological polar surface area (TPSA) is 66.5 Å². The van der Waals surface area contributed by atoms with E-state index in [1.165, 1.54) is 0 Å². The van der Waals surface area contributed by atoms with E-state index in [0.29, 0.717) is 5.69 Å². The fraction of sp³-hybridized carbons (Fsp3) is 0.278. The molecule has 0 saturated heterocycles. The summed E-state index contributed by atoms with van der Waals surface area (Å²) in [6.07, 6.45) is 0. The molecule has 5 nitrogen and oxygen atoms in total. The molecule has 0 radical (unpaired) electrons. The Balaban J connectivity index is 2.41. The molecule has 128 valence electrons. The summed E-state index contributed by atoms with van der Waals surface area (Å²) in [5.74, 6) is -0.343. The monoisotopic (exact) mass is 346 g/mol. The van der Waals surface area contributed by atoms with Crippen LogP contribution in [0.25, 0.3) is 0 Å². The molecule has 0 aromatic heterocycles. The van der Waals surface area contributed by atoms with Crippen LogP contribution in [0.2, 0.25) is 0 Å². The Kier molecular flexibility index (Phi) is 5.62. The normalized spacial score (nSPS) is 11.3. The van der Waals surface area contributed by atoms with Gasteiger partial charge in [0.05, 0.1) is 10.6 Å². The first-order chi connectivity index (χ1) is 11.3. The second-order valence-corrected chi connectivity index (χ2v) is 7.74. The van der Waals surface area contributed by atoms with Crippen molar-refractivity contribution in [2.24, 2.45) is 0 Å². The molecule has 0 atom stereocenters. The molecule has 0 fully saturated rings. The molecule has 24 heavy (non-hydrogen) atoms. The molecule has 0 spiro atoms. The number of hydrogen-bond acceptors (Lipinski definition) is 3. The third kappa shape index (κ3) is 4.35. The Hall–Kier alpha value is -2.34. The number of anilines is 1. The van der Waals surface area contributed by atoms with Gasteiger partial charge in [-0.1, -0.05) is 35.9 Å². The van der Waals surface area contributed by atoms with Gasteiger partial charge in [0.15, 0.2) is 0 Å². The van der Waals surface area contributed by atoms with Gasteiger partial charge in [-0.3, -0.25) is 9.10 Å². The lowest BCUT2D eigenvalue weighted by Crippen LogP contribution is -2.42. The third-order valence-electron chi connectivity index (χ3n) is 3.39. The first-order valence-corrected chi connectivity index (χ1v) is 9.18. The highest BCUT2D eigenvalue weighted by atomic mass is 32.2. The van der Waals surface area contributed by atoms with Crippen molar-refractivity contribution in [3.8, 4) is 0 Å². The number of rotatable bonds is 6. The number of carbonyl (C=O) groups is 1. The number of aryl methyl sites for hydroxylation is 1. The summed E-state index contributed by atoms with van der Waals surface area (Å²) in [7, 11) is -3.83. The minimum Gasteiger partial charge on any atom is -0.352 e. The van der Waals surface area contributed by atoms with E-state index in [1.54, 1.807) is 54.6 Å². The van der Waals surface area contributed by atoms with E-state index in [1.807, 2.05) is 20.8 Å². The molecule has 0 heterocycles. The van der Waals surface area contributed by atoms with Crippen LogP contribution >= 0.6 is 0 Å². The van der Waals surface area contributed by atoms with Crippen LogP contribution in [-0.4, -0.2) is 26.9 Å². The fourth-order valence-electron chi connectivity index (χ4n) is 2.24. The number of para-hydroxylation sites is 1. The molecule has 2 aromatic carbocycles. The number of sulfonamides is 1. The number of hydrogen-bond donors (Lipinski definition) is 1. The maximum Gasteiger partial charge on any atom is 0.264 e. The van der Waals surface area contributed by atoms with Crippen molar-refractivity contribution in [3.05, 3.63) is 60.2 Å². The number of nitrogens with zero attached hydrogens (tertiary/aromatic N) is 1. The smallest absolute Gasteiger partial charge is 0.264 e.